The Morgan fingerprint density at radius 2 is 1.70 bits per heavy atom. The number of hydrogen-bond donors (Lipinski definition) is 4. The largest absolute Gasteiger partial charge is 0.508 e. The van der Waals surface area contributed by atoms with Crippen molar-refractivity contribution in [2.24, 2.45) is 0 Å². The predicted octanol–water partition coefficient (Wildman–Crippen LogP) is 3.44. The Labute approximate surface area is 222 Å². The fourth-order valence-corrected chi connectivity index (χ4v) is 5.24. The van der Waals surface area contributed by atoms with Gasteiger partial charge in [0.1, 0.15) is 11.8 Å². The first kappa shape index (κ1) is 27.9. The Balaban J connectivity index is 1.76. The molecule has 0 saturated heterocycles. The maximum absolute atomic E-state index is 13.3. The van der Waals surface area contributed by atoms with Crippen LogP contribution < -0.4 is 16.0 Å². The van der Waals surface area contributed by atoms with Crippen LogP contribution >= 0.6 is 22.7 Å². The molecule has 196 valence electrons. The molecule has 11 heteroatoms. The fourth-order valence-electron chi connectivity index (χ4n) is 3.41. The van der Waals surface area contributed by atoms with Crippen molar-refractivity contribution >= 4 is 46.4 Å². The summed E-state index contributed by atoms with van der Waals surface area (Å²) in [5.41, 5.74) is 0.898. The van der Waals surface area contributed by atoms with Crippen molar-refractivity contribution in [3.05, 3.63) is 73.6 Å². The Hall–Kier alpha value is -3.70. The quantitative estimate of drug-likeness (QED) is 0.306. The van der Waals surface area contributed by atoms with Crippen LogP contribution in [0.25, 0.3) is 0 Å². The van der Waals surface area contributed by atoms with Crippen LogP contribution in [0.4, 0.5) is 0 Å². The lowest BCUT2D eigenvalue weighted by Gasteiger charge is -2.21. The molecular weight excluding hydrogens is 514 g/mol. The summed E-state index contributed by atoms with van der Waals surface area (Å²) in [6, 6.07) is 10.5. The van der Waals surface area contributed by atoms with Crippen molar-refractivity contribution < 1.29 is 29.0 Å². The average Bonchev–Trinajstić information content (AvgIpc) is 3.55. The lowest BCUT2D eigenvalue weighted by Crippen LogP contribution is -2.49. The molecule has 2 aromatic heterocycles. The highest BCUT2D eigenvalue weighted by Crippen LogP contribution is 2.33. The highest BCUT2D eigenvalue weighted by atomic mass is 32.1. The van der Waals surface area contributed by atoms with Crippen molar-refractivity contribution in [3.8, 4) is 5.75 Å². The zero-order valence-corrected chi connectivity index (χ0v) is 22.5. The van der Waals surface area contributed by atoms with Crippen LogP contribution in [0, 0.1) is 0 Å². The van der Waals surface area contributed by atoms with Gasteiger partial charge in [0, 0.05) is 13.1 Å². The van der Waals surface area contributed by atoms with Crippen molar-refractivity contribution in [1.29, 1.82) is 0 Å². The fraction of sp³-hybridized carbons (Fsp3) is 0.308. The number of phenols is 1. The number of thiophene rings is 2. The second kappa shape index (κ2) is 12.0. The van der Waals surface area contributed by atoms with Gasteiger partial charge < -0.3 is 25.8 Å². The molecule has 4 N–H and O–H groups in total. The number of carbonyl (C=O) groups excluding carboxylic acids is 4. The van der Waals surface area contributed by atoms with Gasteiger partial charge in [-0.15, -0.1) is 22.7 Å². The number of hydrogen-bond acceptors (Lipinski definition) is 8. The topological polar surface area (TPSA) is 134 Å². The average molecular weight is 544 g/mol. The summed E-state index contributed by atoms with van der Waals surface area (Å²) in [4.78, 5) is 51.9. The smallest absolute Gasteiger partial charge is 0.330 e. The van der Waals surface area contributed by atoms with E-state index in [4.69, 9.17) is 4.74 Å². The summed E-state index contributed by atoms with van der Waals surface area (Å²) in [7, 11) is 1.20. The minimum Gasteiger partial charge on any atom is -0.508 e. The molecule has 0 saturated carbocycles. The number of benzene rings is 1. The van der Waals surface area contributed by atoms with Gasteiger partial charge in [0.2, 0.25) is 0 Å². The van der Waals surface area contributed by atoms with Gasteiger partial charge in [-0.3, -0.25) is 14.4 Å². The van der Waals surface area contributed by atoms with E-state index in [1.807, 2.05) is 20.8 Å². The zero-order chi connectivity index (χ0) is 27.2. The number of ether oxygens (including phenoxy) is 1. The Morgan fingerprint density at radius 1 is 0.973 bits per heavy atom. The number of methoxy groups -OCH3 is 1. The molecule has 3 aromatic rings. The molecule has 9 nitrogen and oxygen atoms in total. The molecule has 0 spiro atoms. The molecule has 2 heterocycles. The summed E-state index contributed by atoms with van der Waals surface area (Å²) in [6.07, 6.45) is 0. The van der Waals surface area contributed by atoms with Crippen molar-refractivity contribution in [2.75, 3.05) is 13.7 Å². The van der Waals surface area contributed by atoms with Crippen molar-refractivity contribution in [3.63, 3.8) is 0 Å². The number of nitrogens with one attached hydrogen (secondary N) is 3. The molecule has 0 fully saturated rings. The van der Waals surface area contributed by atoms with Gasteiger partial charge in [0.15, 0.2) is 0 Å². The Kier molecular flexibility index (Phi) is 9.06. The maximum Gasteiger partial charge on any atom is 0.330 e. The van der Waals surface area contributed by atoms with Crippen LogP contribution in [0.3, 0.4) is 0 Å². The first-order valence-corrected chi connectivity index (χ1v) is 13.1. The van der Waals surface area contributed by atoms with Crippen molar-refractivity contribution in [1.82, 2.24) is 16.0 Å². The molecule has 0 unspecified atom stereocenters. The molecule has 1 aromatic carbocycles. The van der Waals surface area contributed by atoms with Gasteiger partial charge in [-0.25, -0.2) is 4.79 Å². The number of esters is 1. The van der Waals surface area contributed by atoms with Gasteiger partial charge in [0.25, 0.3) is 17.7 Å². The van der Waals surface area contributed by atoms with Crippen LogP contribution in [0.5, 0.6) is 5.75 Å². The highest BCUT2D eigenvalue weighted by molar-refractivity contribution is 7.16. The lowest BCUT2D eigenvalue weighted by atomic mass is 9.87. The predicted molar refractivity (Wildman–Crippen MR) is 142 cm³/mol. The molecule has 3 amide bonds. The normalized spacial score (nSPS) is 11.9. The van der Waals surface area contributed by atoms with Crippen LogP contribution in [0.2, 0.25) is 0 Å². The monoisotopic (exact) mass is 543 g/mol. The molecule has 0 radical (unpaired) electrons. The van der Waals surface area contributed by atoms with E-state index in [0.717, 1.165) is 16.9 Å². The highest BCUT2D eigenvalue weighted by Gasteiger charge is 2.30. The van der Waals surface area contributed by atoms with Crippen LogP contribution in [-0.2, 0) is 21.5 Å². The first-order valence-electron chi connectivity index (χ1n) is 11.4. The molecule has 0 aliphatic carbocycles. The maximum atomic E-state index is 13.3. The van der Waals surface area contributed by atoms with Gasteiger partial charge in [-0.05, 0) is 46.2 Å². The number of aromatic hydroxyl groups is 1. The third-order valence-electron chi connectivity index (χ3n) is 5.34. The summed E-state index contributed by atoms with van der Waals surface area (Å²) >= 11 is 2.27. The molecule has 0 bridgehead atoms. The van der Waals surface area contributed by atoms with E-state index in [1.54, 1.807) is 47.8 Å². The van der Waals surface area contributed by atoms with E-state index >= 15 is 0 Å². The van der Waals surface area contributed by atoms with Crippen LogP contribution in [0.1, 0.15) is 60.9 Å². The number of carbonyl (C=O) groups is 4. The Morgan fingerprint density at radius 3 is 2.32 bits per heavy atom. The molecule has 0 aliphatic heterocycles. The van der Waals surface area contributed by atoms with Crippen molar-refractivity contribution in [2.45, 2.75) is 38.8 Å². The standard InChI is InChI=1S/C26H29N3O6S2/c1-26(2,3)17-12-20(23(32)27-13-15-7-5-8-16(30)11-15)37-21(17)24(33)29-18(25(34)35-4)14-28-22(31)19-9-6-10-36-19/h5-12,18,30H,13-14H2,1-4H3,(H,27,32)(H,28,31)(H,29,33)/t18-/m0/s1. The summed E-state index contributed by atoms with van der Waals surface area (Å²) in [5.74, 6) is -1.90. The van der Waals surface area contributed by atoms with Crippen LogP contribution in [-0.4, -0.2) is 48.5 Å². The van der Waals surface area contributed by atoms with E-state index < -0.39 is 23.3 Å². The number of amides is 3. The molecular formula is C26H29N3O6S2. The van der Waals surface area contributed by atoms with E-state index in [1.165, 1.54) is 18.4 Å². The Bertz CT molecular complexity index is 1280. The summed E-state index contributed by atoms with van der Waals surface area (Å²) < 4.78 is 4.81. The summed E-state index contributed by atoms with van der Waals surface area (Å²) in [5, 5.41) is 19.5. The van der Waals surface area contributed by atoms with Gasteiger partial charge in [0.05, 0.1) is 21.7 Å². The zero-order valence-electron chi connectivity index (χ0n) is 20.9. The van der Waals surface area contributed by atoms with Gasteiger partial charge in [-0.1, -0.05) is 39.0 Å². The van der Waals surface area contributed by atoms with E-state index in [9.17, 15) is 24.3 Å². The third-order valence-corrected chi connectivity index (χ3v) is 7.34. The number of rotatable bonds is 9. The second-order valence-electron chi connectivity index (χ2n) is 9.19. The van der Waals surface area contributed by atoms with E-state index in [2.05, 4.69) is 16.0 Å². The first-order chi connectivity index (χ1) is 17.5. The molecule has 0 aliphatic rings. The third kappa shape index (κ3) is 7.40. The SMILES string of the molecule is COC(=O)[C@H](CNC(=O)c1cccs1)NC(=O)c1sc(C(=O)NCc2cccc(O)c2)cc1C(C)(C)C. The van der Waals surface area contributed by atoms with Gasteiger partial charge >= 0.3 is 5.97 Å². The van der Waals surface area contributed by atoms with Crippen LogP contribution in [0.15, 0.2) is 47.8 Å². The molecule has 1 atom stereocenters. The molecule has 3 rings (SSSR count). The molecule has 37 heavy (non-hydrogen) atoms. The van der Waals surface area contributed by atoms with E-state index in [-0.39, 0.29) is 35.5 Å². The second-order valence-corrected chi connectivity index (χ2v) is 11.2. The number of phenolic OH excluding ortho intramolecular Hbond substituents is 1. The minimum atomic E-state index is -1.13. The van der Waals surface area contributed by atoms with Gasteiger partial charge in [-0.2, -0.15) is 0 Å². The van der Waals surface area contributed by atoms with E-state index in [0.29, 0.717) is 15.3 Å². The summed E-state index contributed by atoms with van der Waals surface area (Å²) in [6.45, 7) is 5.78. The lowest BCUT2D eigenvalue weighted by molar-refractivity contribution is -0.142. The minimum absolute atomic E-state index is 0.101.